The summed E-state index contributed by atoms with van der Waals surface area (Å²) >= 11 is -1.80. The number of ether oxygens (including phenoxy) is 1. The number of aromatic carboxylic acids is 1. The van der Waals surface area contributed by atoms with Crippen LogP contribution in [0.15, 0.2) is 29.8 Å². The average molecular weight is 313 g/mol. The summed E-state index contributed by atoms with van der Waals surface area (Å²) in [5, 5.41) is 9.04. The first kappa shape index (κ1) is 14.4. The summed E-state index contributed by atoms with van der Waals surface area (Å²) in [5.41, 5.74) is 1.16. The number of carboxylic acid groups (broad SMARTS) is 1. The Balaban J connectivity index is 2.60. The number of rotatable bonds is 5. The van der Waals surface area contributed by atoms with E-state index in [1.165, 1.54) is 18.7 Å². The Morgan fingerprint density at radius 3 is 2.80 bits per heavy atom. The highest BCUT2D eigenvalue weighted by atomic mass is 32.2. The molecular weight excluding hydrogens is 304 g/mol. The van der Waals surface area contributed by atoms with Crippen LogP contribution < -0.4 is 9.04 Å². The van der Waals surface area contributed by atoms with Crippen LogP contribution in [-0.2, 0) is 11.3 Å². The highest BCUT2D eigenvalue weighted by molar-refractivity contribution is 7.81. The number of hydrogen-bond acceptors (Lipinski definition) is 6. The third-order valence-corrected chi connectivity index (χ3v) is 3.99. The highest BCUT2D eigenvalue weighted by Crippen LogP contribution is 2.38. The Morgan fingerprint density at radius 1 is 1.50 bits per heavy atom. The van der Waals surface area contributed by atoms with Gasteiger partial charge in [-0.25, -0.2) is 9.78 Å². The summed E-state index contributed by atoms with van der Waals surface area (Å²) in [6.45, 7) is 0. The normalized spacial score (nSPS) is 11.9. The summed E-state index contributed by atoms with van der Waals surface area (Å²) in [6.07, 6.45) is 0. The second-order valence-electron chi connectivity index (χ2n) is 3.49. The van der Waals surface area contributed by atoms with Crippen molar-refractivity contribution in [1.29, 1.82) is 0 Å². The van der Waals surface area contributed by atoms with Crippen LogP contribution in [0.3, 0.4) is 0 Å². The van der Waals surface area contributed by atoms with Crippen molar-refractivity contribution in [2.75, 3.05) is 11.4 Å². The molecule has 20 heavy (non-hydrogen) atoms. The number of benzene rings is 1. The van der Waals surface area contributed by atoms with Gasteiger partial charge >= 0.3 is 5.97 Å². The molecule has 1 atom stereocenters. The Kier molecular flexibility index (Phi) is 4.32. The maximum Gasteiger partial charge on any atom is 0.357 e. The summed E-state index contributed by atoms with van der Waals surface area (Å²) in [7, 11) is 1.40. The van der Waals surface area contributed by atoms with Crippen molar-refractivity contribution < 1.29 is 23.4 Å². The molecule has 0 saturated heterocycles. The van der Waals surface area contributed by atoms with Gasteiger partial charge in [-0.05, 0) is 12.1 Å². The fourth-order valence-electron chi connectivity index (χ4n) is 1.59. The molecule has 106 valence electrons. The molecule has 1 N–H and O–H groups in total. The Morgan fingerprint density at radius 2 is 2.20 bits per heavy atom. The van der Waals surface area contributed by atoms with Gasteiger partial charge in [0.15, 0.2) is 5.69 Å². The molecular formula is C11H9N2O5S2-. The third kappa shape index (κ3) is 2.64. The van der Waals surface area contributed by atoms with E-state index in [9.17, 15) is 13.6 Å². The maximum atomic E-state index is 11.5. The number of thiazole rings is 1. The van der Waals surface area contributed by atoms with Crippen LogP contribution in [0.25, 0.3) is 0 Å². The summed E-state index contributed by atoms with van der Waals surface area (Å²) in [6, 6.07) is 6.40. The minimum atomic E-state index is -2.71. The second-order valence-corrected chi connectivity index (χ2v) is 5.13. The lowest BCUT2D eigenvalue weighted by atomic mass is 10.3. The number of carboxylic acids is 1. The first-order valence-corrected chi connectivity index (χ1v) is 7.16. The lowest BCUT2D eigenvalue weighted by molar-refractivity contribution is 0.0692. The van der Waals surface area contributed by atoms with E-state index in [0.717, 1.165) is 15.6 Å². The molecule has 1 unspecified atom stereocenters. The smallest absolute Gasteiger partial charge is 0.357 e. The van der Waals surface area contributed by atoms with Crippen LogP contribution in [0.5, 0.6) is 5.75 Å². The van der Waals surface area contributed by atoms with Gasteiger partial charge in [-0.1, -0.05) is 12.1 Å². The van der Waals surface area contributed by atoms with Crippen molar-refractivity contribution in [1.82, 2.24) is 4.98 Å². The zero-order valence-corrected chi connectivity index (χ0v) is 11.8. The van der Waals surface area contributed by atoms with E-state index in [4.69, 9.17) is 9.84 Å². The number of carbonyl (C=O) groups is 1. The fraction of sp³-hybridized carbons (Fsp3) is 0.0909. The molecule has 0 amide bonds. The van der Waals surface area contributed by atoms with E-state index in [0.29, 0.717) is 5.75 Å². The molecule has 1 aromatic heterocycles. The van der Waals surface area contributed by atoms with Gasteiger partial charge in [0.2, 0.25) is 0 Å². The molecule has 1 aromatic carbocycles. The number of aromatic nitrogens is 1. The van der Waals surface area contributed by atoms with Gasteiger partial charge in [0.1, 0.15) is 10.8 Å². The van der Waals surface area contributed by atoms with Crippen LogP contribution in [0, 0.1) is 0 Å². The van der Waals surface area contributed by atoms with Crippen molar-refractivity contribution in [3.8, 4) is 5.75 Å². The Bertz CT molecular complexity index is 658. The van der Waals surface area contributed by atoms with Crippen LogP contribution in [-0.4, -0.2) is 31.9 Å². The molecule has 0 aliphatic rings. The Labute approximate surface area is 120 Å². The first-order chi connectivity index (χ1) is 9.56. The summed E-state index contributed by atoms with van der Waals surface area (Å²) < 4.78 is 28.9. The van der Waals surface area contributed by atoms with E-state index >= 15 is 0 Å². The van der Waals surface area contributed by atoms with E-state index in [1.807, 2.05) is 0 Å². The zero-order valence-electron chi connectivity index (χ0n) is 10.2. The summed E-state index contributed by atoms with van der Waals surface area (Å²) in [4.78, 5) is 14.7. The monoisotopic (exact) mass is 313 g/mol. The van der Waals surface area contributed by atoms with Crippen molar-refractivity contribution in [3.63, 3.8) is 0 Å². The zero-order chi connectivity index (χ0) is 14.7. The Hall–Kier alpha value is -1.97. The van der Waals surface area contributed by atoms with Gasteiger partial charge in [0.25, 0.3) is 0 Å². The molecule has 0 saturated carbocycles. The van der Waals surface area contributed by atoms with Gasteiger partial charge in [0.05, 0.1) is 29.6 Å². The van der Waals surface area contributed by atoms with Gasteiger partial charge in [-0.15, -0.1) is 11.3 Å². The van der Waals surface area contributed by atoms with Gasteiger partial charge in [0, 0.05) is 0 Å². The first-order valence-electron chi connectivity index (χ1n) is 5.25. The quantitative estimate of drug-likeness (QED) is 0.844. The number of nitrogens with zero attached hydrogens (tertiary/aromatic N) is 2. The molecule has 0 aliphatic heterocycles. The molecule has 0 bridgehead atoms. The van der Waals surface area contributed by atoms with Gasteiger partial charge in [-0.3, -0.25) is 8.51 Å². The van der Waals surface area contributed by atoms with Crippen molar-refractivity contribution >= 4 is 39.3 Å². The lowest BCUT2D eigenvalue weighted by Crippen LogP contribution is -2.21. The molecule has 1 heterocycles. The van der Waals surface area contributed by atoms with Crippen molar-refractivity contribution in [2.45, 2.75) is 0 Å². The highest BCUT2D eigenvalue weighted by Gasteiger charge is 2.23. The molecule has 2 aromatic rings. The standard InChI is InChI=1S/C11H10N2O5S2/c1-18-8-5-3-2-4-7(8)13(20(16)17)10-9(11(14)15)12-6-19-10/h2-6H,1H3,(H,14,15)(H,16,17)/p-1. The number of hydrogen-bond donors (Lipinski definition) is 1. The van der Waals surface area contributed by atoms with Crippen LogP contribution in [0.2, 0.25) is 0 Å². The molecule has 0 radical (unpaired) electrons. The van der Waals surface area contributed by atoms with Gasteiger partial charge in [-0.2, -0.15) is 0 Å². The van der Waals surface area contributed by atoms with Crippen LogP contribution >= 0.6 is 11.3 Å². The van der Waals surface area contributed by atoms with E-state index < -0.39 is 17.2 Å². The minimum absolute atomic E-state index is 0.00432. The topological polar surface area (TPSA) is 103 Å². The second kappa shape index (κ2) is 5.99. The molecule has 9 heteroatoms. The molecule has 7 nitrogen and oxygen atoms in total. The largest absolute Gasteiger partial charge is 0.755 e. The fourth-order valence-corrected chi connectivity index (χ4v) is 3.13. The third-order valence-electron chi connectivity index (χ3n) is 2.39. The SMILES string of the molecule is COc1ccccc1N(c1scnc1C(=O)O)S(=O)[O-]. The van der Waals surface area contributed by atoms with E-state index in [1.54, 1.807) is 18.2 Å². The number of methoxy groups -OCH3 is 1. The minimum Gasteiger partial charge on any atom is -0.755 e. The maximum absolute atomic E-state index is 11.5. The van der Waals surface area contributed by atoms with Crippen LogP contribution in [0.1, 0.15) is 10.5 Å². The molecule has 0 spiro atoms. The lowest BCUT2D eigenvalue weighted by Gasteiger charge is -2.26. The predicted octanol–water partition coefficient (Wildman–Crippen LogP) is 1.78. The molecule has 2 rings (SSSR count). The predicted molar refractivity (Wildman–Crippen MR) is 73.1 cm³/mol. The van der Waals surface area contributed by atoms with Gasteiger partial charge < -0.3 is 14.4 Å². The van der Waals surface area contributed by atoms with E-state index in [2.05, 4.69) is 4.98 Å². The summed E-state index contributed by atoms with van der Waals surface area (Å²) in [5.74, 6) is -0.993. The van der Waals surface area contributed by atoms with Crippen molar-refractivity contribution in [2.24, 2.45) is 0 Å². The molecule has 0 fully saturated rings. The van der Waals surface area contributed by atoms with E-state index in [-0.39, 0.29) is 16.4 Å². The van der Waals surface area contributed by atoms with Crippen molar-refractivity contribution in [3.05, 3.63) is 35.5 Å². The number of anilines is 2. The molecule has 0 aliphatic carbocycles. The average Bonchev–Trinajstić information content (AvgIpc) is 2.88. The number of para-hydroxylation sites is 2. The van der Waals surface area contributed by atoms with Crippen LogP contribution in [0.4, 0.5) is 10.7 Å².